The Labute approximate surface area is 140 Å². The summed E-state index contributed by atoms with van der Waals surface area (Å²) in [6.07, 6.45) is 0. The van der Waals surface area contributed by atoms with Crippen LogP contribution in [0.2, 0.25) is 0 Å². The van der Waals surface area contributed by atoms with E-state index < -0.39 is 0 Å². The van der Waals surface area contributed by atoms with E-state index in [1.54, 1.807) is 14.2 Å². The van der Waals surface area contributed by atoms with Gasteiger partial charge in [0.05, 0.1) is 13.2 Å². The van der Waals surface area contributed by atoms with Gasteiger partial charge in [-0.3, -0.25) is 9.79 Å². The molecule has 1 aromatic rings. The molecule has 0 spiro atoms. The molecule has 0 aliphatic heterocycles. The van der Waals surface area contributed by atoms with Crippen LogP contribution in [0.1, 0.15) is 5.56 Å². The molecule has 0 radical (unpaired) electrons. The Bertz CT molecular complexity index is 491. The lowest BCUT2D eigenvalue weighted by molar-refractivity contribution is -0.120. The highest BCUT2D eigenvalue weighted by Gasteiger charge is 2.08. The normalized spacial score (nSPS) is 11.2. The predicted octanol–water partition coefficient (Wildman–Crippen LogP) is 1.22. The SMILES string of the molecule is CN=C(NCC(=O)NCCOC)N(C)Cc1ccc(Br)cc1. The first-order chi connectivity index (χ1) is 10.6. The summed E-state index contributed by atoms with van der Waals surface area (Å²) in [6.45, 7) is 1.90. The molecule has 122 valence electrons. The van der Waals surface area contributed by atoms with Gasteiger partial charge in [-0.2, -0.15) is 0 Å². The van der Waals surface area contributed by atoms with Gasteiger partial charge in [-0.15, -0.1) is 0 Å². The smallest absolute Gasteiger partial charge is 0.239 e. The molecule has 0 aromatic heterocycles. The second-order valence-corrected chi connectivity index (χ2v) is 5.64. The van der Waals surface area contributed by atoms with Gasteiger partial charge in [0.1, 0.15) is 0 Å². The van der Waals surface area contributed by atoms with Crippen LogP contribution in [0.3, 0.4) is 0 Å². The number of guanidine groups is 1. The standard InChI is InChI=1S/C15H23BrN4O2/c1-17-15(19-10-14(21)18-8-9-22-3)20(2)11-12-4-6-13(16)7-5-12/h4-7H,8-11H2,1-3H3,(H,17,19)(H,18,21). The van der Waals surface area contributed by atoms with E-state index in [4.69, 9.17) is 4.74 Å². The van der Waals surface area contributed by atoms with Gasteiger partial charge in [-0.25, -0.2) is 0 Å². The van der Waals surface area contributed by atoms with Crippen LogP contribution in [0.25, 0.3) is 0 Å². The zero-order valence-corrected chi connectivity index (χ0v) is 14.8. The third kappa shape index (κ3) is 6.91. The summed E-state index contributed by atoms with van der Waals surface area (Å²) >= 11 is 3.42. The largest absolute Gasteiger partial charge is 0.383 e. The average molecular weight is 371 g/mol. The second kappa shape index (κ2) is 10.2. The number of benzene rings is 1. The van der Waals surface area contributed by atoms with Crippen LogP contribution in [-0.4, -0.2) is 57.7 Å². The van der Waals surface area contributed by atoms with Crippen LogP contribution in [-0.2, 0) is 16.1 Å². The van der Waals surface area contributed by atoms with Crippen LogP contribution >= 0.6 is 15.9 Å². The van der Waals surface area contributed by atoms with Crippen molar-refractivity contribution in [2.24, 2.45) is 4.99 Å². The molecular formula is C15H23BrN4O2. The van der Waals surface area contributed by atoms with Gasteiger partial charge in [0.2, 0.25) is 5.91 Å². The number of nitrogens with one attached hydrogen (secondary N) is 2. The fourth-order valence-corrected chi connectivity index (χ4v) is 2.10. The van der Waals surface area contributed by atoms with Crippen molar-refractivity contribution in [3.63, 3.8) is 0 Å². The Morgan fingerprint density at radius 2 is 2.00 bits per heavy atom. The molecule has 1 aromatic carbocycles. The summed E-state index contributed by atoms with van der Waals surface area (Å²) in [5, 5.41) is 5.79. The first kappa shape index (κ1) is 18.4. The summed E-state index contributed by atoms with van der Waals surface area (Å²) in [6, 6.07) is 8.10. The van der Waals surface area contributed by atoms with Crippen LogP contribution in [0, 0.1) is 0 Å². The Balaban J connectivity index is 2.43. The molecule has 6 nitrogen and oxygen atoms in total. The predicted molar refractivity (Wildman–Crippen MR) is 91.9 cm³/mol. The van der Waals surface area contributed by atoms with Gasteiger partial charge in [0, 0.05) is 38.8 Å². The summed E-state index contributed by atoms with van der Waals surface area (Å²) in [4.78, 5) is 17.8. The maximum absolute atomic E-state index is 11.6. The van der Waals surface area contributed by atoms with Crippen LogP contribution in [0.15, 0.2) is 33.7 Å². The van der Waals surface area contributed by atoms with Gasteiger partial charge in [-0.1, -0.05) is 28.1 Å². The summed E-state index contributed by atoms with van der Waals surface area (Å²) in [5.74, 6) is 0.583. The number of halogens is 1. The lowest BCUT2D eigenvalue weighted by atomic mass is 10.2. The van der Waals surface area contributed by atoms with Crippen LogP contribution in [0.4, 0.5) is 0 Å². The van der Waals surface area contributed by atoms with Gasteiger partial charge >= 0.3 is 0 Å². The molecule has 0 unspecified atom stereocenters. The molecular weight excluding hydrogens is 348 g/mol. The Morgan fingerprint density at radius 3 is 2.59 bits per heavy atom. The number of carbonyl (C=O) groups is 1. The Kier molecular flexibility index (Phi) is 8.54. The quantitative estimate of drug-likeness (QED) is 0.430. The first-order valence-corrected chi connectivity index (χ1v) is 7.78. The fraction of sp³-hybridized carbons (Fsp3) is 0.467. The minimum atomic E-state index is -0.0877. The molecule has 1 amide bonds. The van der Waals surface area contributed by atoms with Crippen molar-refractivity contribution in [2.75, 3.05) is 40.9 Å². The lowest BCUT2D eigenvalue weighted by Crippen LogP contribution is -2.44. The third-order valence-electron chi connectivity index (χ3n) is 2.94. The van der Waals surface area contributed by atoms with Gasteiger partial charge < -0.3 is 20.3 Å². The highest BCUT2D eigenvalue weighted by atomic mass is 79.9. The van der Waals surface area contributed by atoms with Gasteiger partial charge in [0.25, 0.3) is 0 Å². The molecule has 1 rings (SSSR count). The number of carbonyl (C=O) groups excluding carboxylic acids is 1. The van der Waals surface area contributed by atoms with E-state index in [0.717, 1.165) is 10.0 Å². The van der Waals surface area contributed by atoms with Crippen molar-refractivity contribution in [2.45, 2.75) is 6.54 Å². The fourth-order valence-electron chi connectivity index (χ4n) is 1.84. The second-order valence-electron chi connectivity index (χ2n) is 4.73. The number of aliphatic imine (C=N–C) groups is 1. The molecule has 0 bridgehead atoms. The van der Waals surface area contributed by atoms with Crippen molar-refractivity contribution >= 4 is 27.8 Å². The summed E-state index contributed by atoms with van der Waals surface area (Å²) < 4.78 is 5.93. The number of nitrogens with zero attached hydrogens (tertiary/aromatic N) is 2. The first-order valence-electron chi connectivity index (χ1n) is 6.98. The molecule has 7 heteroatoms. The molecule has 2 N–H and O–H groups in total. The third-order valence-corrected chi connectivity index (χ3v) is 3.47. The lowest BCUT2D eigenvalue weighted by Gasteiger charge is -2.22. The monoisotopic (exact) mass is 370 g/mol. The molecule has 0 saturated carbocycles. The minimum absolute atomic E-state index is 0.0877. The van der Waals surface area contributed by atoms with Crippen molar-refractivity contribution in [3.05, 3.63) is 34.3 Å². The zero-order valence-electron chi connectivity index (χ0n) is 13.2. The maximum Gasteiger partial charge on any atom is 0.239 e. The summed E-state index contributed by atoms with van der Waals surface area (Å²) in [5.41, 5.74) is 1.16. The molecule has 0 aliphatic carbocycles. The van der Waals surface area contributed by atoms with E-state index in [9.17, 15) is 4.79 Å². The Hall–Kier alpha value is -1.60. The van der Waals surface area contributed by atoms with Crippen molar-refractivity contribution in [1.29, 1.82) is 0 Å². The Morgan fingerprint density at radius 1 is 1.32 bits per heavy atom. The topological polar surface area (TPSA) is 66.0 Å². The van der Waals surface area contributed by atoms with E-state index in [-0.39, 0.29) is 12.5 Å². The minimum Gasteiger partial charge on any atom is -0.383 e. The van der Waals surface area contributed by atoms with E-state index >= 15 is 0 Å². The highest BCUT2D eigenvalue weighted by Crippen LogP contribution is 2.11. The van der Waals surface area contributed by atoms with E-state index in [1.807, 2.05) is 36.2 Å². The molecule has 0 heterocycles. The van der Waals surface area contributed by atoms with Crippen LogP contribution < -0.4 is 10.6 Å². The van der Waals surface area contributed by atoms with Crippen LogP contribution in [0.5, 0.6) is 0 Å². The number of methoxy groups -OCH3 is 1. The van der Waals surface area contributed by atoms with E-state index in [0.29, 0.717) is 25.7 Å². The molecule has 22 heavy (non-hydrogen) atoms. The van der Waals surface area contributed by atoms with Crippen molar-refractivity contribution in [3.8, 4) is 0 Å². The van der Waals surface area contributed by atoms with Gasteiger partial charge in [0.15, 0.2) is 5.96 Å². The maximum atomic E-state index is 11.6. The van der Waals surface area contributed by atoms with Crippen molar-refractivity contribution in [1.82, 2.24) is 15.5 Å². The molecule has 0 aliphatic rings. The molecule has 0 saturated heterocycles. The molecule has 0 atom stereocenters. The number of hydrogen-bond acceptors (Lipinski definition) is 3. The highest BCUT2D eigenvalue weighted by molar-refractivity contribution is 9.10. The van der Waals surface area contributed by atoms with E-state index in [2.05, 4.69) is 31.6 Å². The zero-order chi connectivity index (χ0) is 16.4. The van der Waals surface area contributed by atoms with Crippen molar-refractivity contribution < 1.29 is 9.53 Å². The number of ether oxygens (including phenoxy) is 1. The molecule has 0 fully saturated rings. The average Bonchev–Trinajstić information content (AvgIpc) is 2.50. The number of hydrogen-bond donors (Lipinski definition) is 2. The van der Waals surface area contributed by atoms with Gasteiger partial charge in [-0.05, 0) is 17.7 Å². The van der Waals surface area contributed by atoms with E-state index in [1.165, 1.54) is 0 Å². The number of rotatable bonds is 7. The summed E-state index contributed by atoms with van der Waals surface area (Å²) in [7, 11) is 5.23. The number of amides is 1.